The average molecular weight is 251 g/mol. The molecule has 0 aliphatic heterocycles. The smallest absolute Gasteiger partial charge is 0.229 e. The minimum atomic E-state index is -3.26. The van der Waals surface area contributed by atoms with Gasteiger partial charge in [0.05, 0.1) is 34.4 Å². The Hall–Kier alpha value is -1.69. The molecular weight excluding hydrogens is 238 g/mol. The molecule has 0 radical (unpaired) electrons. The summed E-state index contributed by atoms with van der Waals surface area (Å²) < 4.78 is 24.6. The van der Waals surface area contributed by atoms with Crippen LogP contribution in [0.2, 0.25) is 0 Å². The van der Waals surface area contributed by atoms with Gasteiger partial charge in [-0.25, -0.2) is 18.4 Å². The molecule has 0 amide bonds. The quantitative estimate of drug-likeness (QED) is 0.880. The molecule has 0 saturated carbocycles. The first-order valence-corrected chi connectivity index (χ1v) is 6.97. The van der Waals surface area contributed by atoms with E-state index in [-0.39, 0.29) is 0 Å². The van der Waals surface area contributed by atoms with Gasteiger partial charge in [0, 0.05) is 0 Å². The molecule has 2 aromatic rings. The lowest BCUT2D eigenvalue weighted by molar-refractivity contribution is 0.607. The zero-order valence-electron chi connectivity index (χ0n) is 9.85. The molecule has 1 heterocycles. The van der Waals surface area contributed by atoms with Crippen LogP contribution >= 0.6 is 0 Å². The molecule has 17 heavy (non-hydrogen) atoms. The predicted molar refractivity (Wildman–Crippen MR) is 67.5 cm³/mol. The second-order valence-corrected chi connectivity index (χ2v) is 5.72. The molecule has 5 nitrogen and oxygen atoms in total. The number of hydrogen-bond donors (Lipinski definition) is 1. The van der Waals surface area contributed by atoms with Crippen molar-refractivity contribution in [2.75, 3.05) is 11.0 Å². The first kappa shape index (κ1) is 11.8. The van der Waals surface area contributed by atoms with E-state index >= 15 is 0 Å². The van der Waals surface area contributed by atoms with Crippen molar-refractivity contribution >= 4 is 26.7 Å². The highest BCUT2D eigenvalue weighted by Crippen LogP contribution is 2.18. The van der Waals surface area contributed by atoms with Crippen molar-refractivity contribution in [2.24, 2.45) is 0 Å². The number of anilines is 1. The van der Waals surface area contributed by atoms with Gasteiger partial charge in [0.1, 0.15) is 0 Å². The van der Waals surface area contributed by atoms with Crippen LogP contribution in [0.4, 0.5) is 5.69 Å². The Balaban J connectivity index is 2.54. The third-order valence-electron chi connectivity index (χ3n) is 2.38. The SMILES string of the molecule is Cc1nc2ccc(NS(C)(=O)=O)cc2nc1C. The van der Waals surface area contributed by atoms with Crippen LogP contribution in [0.1, 0.15) is 11.4 Å². The van der Waals surface area contributed by atoms with Crippen molar-refractivity contribution in [3.05, 3.63) is 29.6 Å². The first-order valence-electron chi connectivity index (χ1n) is 5.08. The van der Waals surface area contributed by atoms with Gasteiger partial charge in [0.25, 0.3) is 0 Å². The van der Waals surface area contributed by atoms with Crippen LogP contribution in [0.15, 0.2) is 18.2 Å². The number of nitrogens with zero attached hydrogens (tertiary/aromatic N) is 2. The fourth-order valence-electron chi connectivity index (χ4n) is 1.51. The van der Waals surface area contributed by atoms with Crippen molar-refractivity contribution in [3.8, 4) is 0 Å². The lowest BCUT2D eigenvalue weighted by Gasteiger charge is -2.06. The summed E-state index contributed by atoms with van der Waals surface area (Å²) in [5, 5.41) is 0. The molecule has 0 bridgehead atoms. The molecule has 0 unspecified atom stereocenters. The number of fused-ring (bicyclic) bond motifs is 1. The van der Waals surface area contributed by atoms with Gasteiger partial charge >= 0.3 is 0 Å². The Morgan fingerprint density at radius 2 is 1.65 bits per heavy atom. The number of aryl methyl sites for hydroxylation is 2. The Bertz CT molecular complexity index is 680. The Kier molecular flexibility index (Phi) is 2.74. The van der Waals surface area contributed by atoms with E-state index < -0.39 is 10.0 Å². The first-order chi connectivity index (χ1) is 7.85. The molecule has 0 spiro atoms. The number of nitrogens with one attached hydrogen (secondary N) is 1. The molecular formula is C11H13N3O2S. The summed E-state index contributed by atoms with van der Waals surface area (Å²) in [6.45, 7) is 3.77. The fourth-order valence-corrected chi connectivity index (χ4v) is 2.06. The molecule has 90 valence electrons. The second kappa shape index (κ2) is 3.96. The van der Waals surface area contributed by atoms with Crippen LogP contribution in [-0.4, -0.2) is 24.6 Å². The van der Waals surface area contributed by atoms with E-state index in [1.54, 1.807) is 18.2 Å². The largest absolute Gasteiger partial charge is 0.284 e. The maximum Gasteiger partial charge on any atom is 0.229 e. The standard InChI is InChI=1S/C11H13N3O2S/c1-7-8(2)13-11-6-9(14-17(3,15)16)4-5-10(11)12-7/h4-6,14H,1-3H3. The van der Waals surface area contributed by atoms with Crippen molar-refractivity contribution in [3.63, 3.8) is 0 Å². The highest BCUT2D eigenvalue weighted by atomic mass is 32.2. The summed E-state index contributed by atoms with van der Waals surface area (Å²) >= 11 is 0. The van der Waals surface area contributed by atoms with E-state index in [2.05, 4.69) is 14.7 Å². The molecule has 1 N–H and O–H groups in total. The highest BCUT2D eigenvalue weighted by Gasteiger charge is 2.05. The number of aromatic nitrogens is 2. The lowest BCUT2D eigenvalue weighted by atomic mass is 10.2. The summed E-state index contributed by atoms with van der Waals surface area (Å²) in [6, 6.07) is 5.10. The summed E-state index contributed by atoms with van der Waals surface area (Å²) in [7, 11) is -3.26. The van der Waals surface area contributed by atoms with Gasteiger partial charge in [-0.2, -0.15) is 0 Å². The van der Waals surface area contributed by atoms with Gasteiger partial charge in [0.2, 0.25) is 10.0 Å². The molecule has 1 aromatic carbocycles. The van der Waals surface area contributed by atoms with Gasteiger partial charge < -0.3 is 0 Å². The maximum absolute atomic E-state index is 11.1. The summed E-state index contributed by atoms with van der Waals surface area (Å²) in [4.78, 5) is 8.74. The van der Waals surface area contributed by atoms with Crippen molar-refractivity contribution in [1.29, 1.82) is 0 Å². The van der Waals surface area contributed by atoms with Crippen molar-refractivity contribution in [2.45, 2.75) is 13.8 Å². The van der Waals surface area contributed by atoms with E-state index in [1.165, 1.54) is 0 Å². The summed E-state index contributed by atoms with van der Waals surface area (Å²) in [6.07, 6.45) is 1.11. The van der Waals surface area contributed by atoms with Gasteiger partial charge in [-0.3, -0.25) is 4.72 Å². The molecule has 0 fully saturated rings. The summed E-state index contributed by atoms with van der Waals surface area (Å²) in [5.74, 6) is 0. The molecule has 0 atom stereocenters. The minimum Gasteiger partial charge on any atom is -0.284 e. The molecule has 6 heteroatoms. The van der Waals surface area contributed by atoms with E-state index in [0.29, 0.717) is 11.2 Å². The van der Waals surface area contributed by atoms with Gasteiger partial charge in [0.15, 0.2) is 0 Å². The van der Waals surface area contributed by atoms with Gasteiger partial charge in [-0.05, 0) is 32.0 Å². The van der Waals surface area contributed by atoms with E-state index in [0.717, 1.165) is 23.2 Å². The van der Waals surface area contributed by atoms with E-state index in [1.807, 2.05) is 13.8 Å². The molecule has 0 saturated heterocycles. The van der Waals surface area contributed by atoms with E-state index in [9.17, 15) is 8.42 Å². The topological polar surface area (TPSA) is 72.0 Å². The zero-order valence-corrected chi connectivity index (χ0v) is 10.7. The van der Waals surface area contributed by atoms with Crippen LogP contribution in [0.25, 0.3) is 11.0 Å². The van der Waals surface area contributed by atoms with Crippen LogP contribution in [0.3, 0.4) is 0 Å². The third kappa shape index (κ3) is 2.71. The Morgan fingerprint density at radius 3 is 2.24 bits per heavy atom. The van der Waals surface area contributed by atoms with Crippen LogP contribution in [0, 0.1) is 13.8 Å². The van der Waals surface area contributed by atoms with Gasteiger partial charge in [-0.15, -0.1) is 0 Å². The minimum absolute atomic E-state index is 0.498. The normalized spacial score (nSPS) is 11.7. The average Bonchev–Trinajstić information content (AvgIpc) is 2.18. The second-order valence-electron chi connectivity index (χ2n) is 3.97. The molecule has 0 aliphatic carbocycles. The summed E-state index contributed by atoms with van der Waals surface area (Å²) in [5.41, 5.74) is 3.65. The van der Waals surface area contributed by atoms with E-state index in [4.69, 9.17) is 0 Å². The van der Waals surface area contributed by atoms with Crippen molar-refractivity contribution < 1.29 is 8.42 Å². The number of rotatable bonds is 2. The molecule has 1 aromatic heterocycles. The zero-order chi connectivity index (χ0) is 12.6. The lowest BCUT2D eigenvalue weighted by Crippen LogP contribution is -2.09. The number of hydrogen-bond acceptors (Lipinski definition) is 4. The number of sulfonamides is 1. The molecule has 0 aliphatic rings. The highest BCUT2D eigenvalue weighted by molar-refractivity contribution is 7.92. The van der Waals surface area contributed by atoms with Crippen LogP contribution < -0.4 is 4.72 Å². The van der Waals surface area contributed by atoms with Gasteiger partial charge in [-0.1, -0.05) is 0 Å². The molecule has 2 rings (SSSR count). The number of benzene rings is 1. The predicted octanol–water partition coefficient (Wildman–Crippen LogP) is 1.62. The van der Waals surface area contributed by atoms with Crippen molar-refractivity contribution in [1.82, 2.24) is 9.97 Å². The fraction of sp³-hybridized carbons (Fsp3) is 0.273. The Labute approximate surface area is 100.0 Å². The maximum atomic E-state index is 11.1. The Morgan fingerprint density at radius 1 is 1.06 bits per heavy atom. The third-order valence-corrected chi connectivity index (χ3v) is 2.99. The van der Waals surface area contributed by atoms with Crippen LogP contribution in [0.5, 0.6) is 0 Å². The monoisotopic (exact) mass is 251 g/mol. The van der Waals surface area contributed by atoms with Crippen LogP contribution in [-0.2, 0) is 10.0 Å².